The summed E-state index contributed by atoms with van der Waals surface area (Å²) in [6.45, 7) is 0. The summed E-state index contributed by atoms with van der Waals surface area (Å²) in [7, 11) is 0. The van der Waals surface area contributed by atoms with Crippen LogP contribution in [0.3, 0.4) is 0 Å². The van der Waals surface area contributed by atoms with Crippen LogP contribution in [0.1, 0.15) is 11.4 Å². The predicted molar refractivity (Wildman–Crippen MR) is 55.9 cm³/mol. The fourth-order valence-corrected chi connectivity index (χ4v) is 1.35. The highest BCUT2D eigenvalue weighted by atomic mass is 15.0. The molecule has 0 bridgehead atoms. The topological polar surface area (TPSA) is 25.8 Å². The van der Waals surface area contributed by atoms with E-state index in [1.165, 1.54) is 0 Å². The number of hydrogen-bond donors (Lipinski definition) is 0. The average molecular weight is 186 g/mol. The quantitative estimate of drug-likeness (QED) is 0.734. The molecule has 0 N–H and O–H groups in total. The highest BCUT2D eigenvalue weighted by Crippen LogP contribution is 2.01. The van der Waals surface area contributed by atoms with Gasteiger partial charge in [0, 0.05) is 23.8 Å². The minimum atomic E-state index is 0.956. The first-order chi connectivity index (χ1) is 6.95. The Morgan fingerprint density at radius 1 is 0.929 bits per heavy atom. The molecule has 0 aliphatic carbocycles. The number of aromatic nitrogens is 2. The van der Waals surface area contributed by atoms with Gasteiger partial charge in [-0.25, -0.2) is 0 Å². The third-order valence-corrected chi connectivity index (χ3v) is 2.09. The molecule has 0 saturated heterocycles. The van der Waals surface area contributed by atoms with E-state index in [1.54, 1.807) is 0 Å². The van der Waals surface area contributed by atoms with Crippen molar-refractivity contribution in [3.8, 4) is 0 Å². The summed E-state index contributed by atoms with van der Waals surface area (Å²) < 4.78 is 0. The van der Waals surface area contributed by atoms with Gasteiger partial charge in [-0.2, -0.15) is 0 Å². The van der Waals surface area contributed by atoms with Crippen LogP contribution in [0.15, 0.2) is 48.8 Å². The first-order valence-corrected chi connectivity index (χ1v) is 4.75. The Kier molecular flexibility index (Phi) is 2.86. The van der Waals surface area contributed by atoms with Gasteiger partial charge in [-0.3, -0.25) is 9.97 Å². The Balaban J connectivity index is 1.96. The Hall–Kier alpha value is -1.70. The number of rotatable bonds is 3. The van der Waals surface area contributed by atoms with E-state index in [4.69, 9.17) is 0 Å². The van der Waals surface area contributed by atoms with Crippen LogP contribution in [-0.4, -0.2) is 9.97 Å². The first-order valence-electron chi connectivity index (χ1n) is 4.75. The summed E-state index contributed by atoms with van der Waals surface area (Å²) >= 11 is 0. The van der Waals surface area contributed by atoms with E-state index >= 15 is 0 Å². The van der Waals surface area contributed by atoms with Crippen molar-refractivity contribution in [2.75, 3.05) is 0 Å². The molecule has 0 aromatic carbocycles. The highest BCUT2D eigenvalue weighted by molar-refractivity contribution is 5.08. The maximum atomic E-state index is 4.27. The average Bonchev–Trinajstić information content (AvgIpc) is 2.29. The van der Waals surface area contributed by atoms with Crippen molar-refractivity contribution >= 4 is 0 Å². The lowest BCUT2D eigenvalue weighted by Gasteiger charge is -1.99. The van der Waals surface area contributed by atoms with Gasteiger partial charge < -0.3 is 0 Å². The monoisotopic (exact) mass is 186 g/mol. The molecule has 2 rings (SSSR count). The molecule has 2 heteroatoms. The van der Waals surface area contributed by atoms with E-state index in [2.05, 4.69) is 9.97 Å². The largest absolute Gasteiger partial charge is 0.261 e. The van der Waals surface area contributed by atoms with Crippen molar-refractivity contribution in [2.24, 2.45) is 0 Å². The lowest BCUT2D eigenvalue weighted by molar-refractivity contribution is 0.880. The molecule has 0 fully saturated rings. The van der Waals surface area contributed by atoms with Crippen molar-refractivity contribution in [3.63, 3.8) is 0 Å². The zero-order valence-electron chi connectivity index (χ0n) is 7.93. The first kappa shape index (κ1) is 8.88. The molecule has 0 saturated carbocycles. The maximum Gasteiger partial charge on any atom is 0.0407 e. The van der Waals surface area contributed by atoms with Crippen molar-refractivity contribution in [1.82, 2.24) is 9.97 Å². The third-order valence-electron chi connectivity index (χ3n) is 2.09. The molecule has 0 radical (unpaired) electrons. The normalized spacial score (nSPS) is 10.0. The number of aryl methyl sites for hydroxylation is 2. The number of hydrogen-bond acceptors (Lipinski definition) is 2. The molecule has 2 nitrogen and oxygen atoms in total. The Morgan fingerprint density at radius 2 is 1.71 bits per heavy atom. The number of nitrogens with zero attached hydrogens (tertiary/aromatic N) is 2. The summed E-state index contributed by atoms with van der Waals surface area (Å²) in [5.74, 6) is 0. The summed E-state index contributed by atoms with van der Waals surface area (Å²) in [5.41, 5.74) is 2.25. The summed E-state index contributed by atoms with van der Waals surface area (Å²) in [4.78, 5) is 8.53. The lowest BCUT2D eigenvalue weighted by atomic mass is 10.3. The van der Waals surface area contributed by atoms with Crippen LogP contribution in [0.2, 0.25) is 0 Å². The molecule has 2 aromatic heterocycles. The molecule has 0 spiro atoms. The van der Waals surface area contributed by atoms with Crippen molar-refractivity contribution < 1.29 is 0 Å². The van der Waals surface area contributed by atoms with E-state index in [0.29, 0.717) is 0 Å². The SMILES string of the molecule is c1ccc(C[14CH2]c2ccccn2)nc1. The molecular formula is C12H12N2. The van der Waals surface area contributed by atoms with Gasteiger partial charge in [-0.15, -0.1) is 0 Å². The second-order valence-corrected chi connectivity index (χ2v) is 3.14. The summed E-state index contributed by atoms with van der Waals surface area (Å²) in [6, 6.07) is 12.0. The summed E-state index contributed by atoms with van der Waals surface area (Å²) in [5, 5.41) is 0. The van der Waals surface area contributed by atoms with Crippen LogP contribution >= 0.6 is 0 Å². The molecule has 70 valence electrons. The van der Waals surface area contributed by atoms with Crippen molar-refractivity contribution in [1.29, 1.82) is 0 Å². The lowest BCUT2D eigenvalue weighted by Crippen LogP contribution is -1.95. The Bertz CT molecular complexity index is 331. The van der Waals surface area contributed by atoms with Crippen LogP contribution in [0.5, 0.6) is 0 Å². The number of pyridine rings is 2. The second-order valence-electron chi connectivity index (χ2n) is 3.14. The van der Waals surface area contributed by atoms with Gasteiger partial charge in [0.25, 0.3) is 0 Å². The fraction of sp³-hybridized carbons (Fsp3) is 0.167. The molecule has 0 aliphatic rings. The van der Waals surface area contributed by atoms with Crippen LogP contribution in [0, 0.1) is 0 Å². The van der Waals surface area contributed by atoms with Gasteiger partial charge in [0.1, 0.15) is 0 Å². The van der Waals surface area contributed by atoms with Crippen molar-refractivity contribution in [2.45, 2.75) is 12.8 Å². The minimum Gasteiger partial charge on any atom is -0.261 e. The summed E-state index contributed by atoms with van der Waals surface area (Å²) in [6.07, 6.45) is 5.57. The van der Waals surface area contributed by atoms with E-state index < -0.39 is 0 Å². The molecule has 0 aliphatic heterocycles. The van der Waals surface area contributed by atoms with Gasteiger partial charge in [-0.05, 0) is 37.1 Å². The predicted octanol–water partition coefficient (Wildman–Crippen LogP) is 2.26. The molecule has 2 heterocycles. The Morgan fingerprint density at radius 3 is 2.36 bits per heavy atom. The smallest absolute Gasteiger partial charge is 0.0407 e. The van der Waals surface area contributed by atoms with Gasteiger partial charge in [0.15, 0.2) is 0 Å². The molecule has 0 amide bonds. The van der Waals surface area contributed by atoms with Crippen molar-refractivity contribution in [3.05, 3.63) is 60.2 Å². The van der Waals surface area contributed by atoms with E-state index in [9.17, 15) is 0 Å². The van der Waals surface area contributed by atoms with Crippen LogP contribution < -0.4 is 0 Å². The molecule has 0 unspecified atom stereocenters. The molecule has 0 atom stereocenters. The maximum absolute atomic E-state index is 4.27. The highest BCUT2D eigenvalue weighted by Gasteiger charge is 1.95. The molecular weight excluding hydrogens is 174 g/mol. The van der Waals surface area contributed by atoms with Gasteiger partial charge >= 0.3 is 0 Å². The zero-order valence-corrected chi connectivity index (χ0v) is 7.93. The minimum absolute atomic E-state index is 0.956. The van der Waals surface area contributed by atoms with E-state index in [1.807, 2.05) is 48.8 Å². The standard InChI is InChI=1S/C12H12N2/c1-3-9-13-11(5-1)7-8-12-6-2-4-10-14-12/h1-6,9-10H,7-8H2/i7+2. The third kappa shape index (κ3) is 2.39. The fourth-order valence-electron chi connectivity index (χ4n) is 1.35. The van der Waals surface area contributed by atoms with Gasteiger partial charge in [0.05, 0.1) is 0 Å². The van der Waals surface area contributed by atoms with Crippen LogP contribution in [0.4, 0.5) is 0 Å². The van der Waals surface area contributed by atoms with Crippen LogP contribution in [-0.2, 0) is 12.8 Å². The van der Waals surface area contributed by atoms with E-state index in [0.717, 1.165) is 24.2 Å². The van der Waals surface area contributed by atoms with Gasteiger partial charge in [0.2, 0.25) is 0 Å². The Labute approximate surface area is 83.7 Å². The zero-order chi connectivity index (χ0) is 9.64. The second kappa shape index (κ2) is 4.51. The van der Waals surface area contributed by atoms with Gasteiger partial charge in [-0.1, -0.05) is 12.1 Å². The van der Waals surface area contributed by atoms with E-state index in [-0.39, 0.29) is 0 Å². The van der Waals surface area contributed by atoms with Crippen LogP contribution in [0.25, 0.3) is 0 Å². The molecule has 2 aromatic rings. The molecule has 14 heavy (non-hydrogen) atoms.